The molecule has 0 fully saturated rings. The molecule has 0 atom stereocenters. The molecule has 1 aromatic carbocycles. The number of para-hydroxylation sites is 1. The largest absolute Gasteiger partial charge is 0.390 e. The lowest BCUT2D eigenvalue weighted by Crippen LogP contribution is -1.97. The van der Waals surface area contributed by atoms with Gasteiger partial charge >= 0.3 is 0 Å². The van der Waals surface area contributed by atoms with E-state index < -0.39 is 0 Å². The fourth-order valence-corrected chi connectivity index (χ4v) is 2.92. The molecule has 0 saturated carbocycles. The second-order valence-electron chi connectivity index (χ2n) is 4.49. The van der Waals surface area contributed by atoms with Gasteiger partial charge in [0.2, 0.25) is 0 Å². The minimum absolute atomic E-state index is 0.0569. The Morgan fingerprint density at radius 1 is 1.38 bits per heavy atom. The number of imidazole rings is 1. The van der Waals surface area contributed by atoms with Crippen molar-refractivity contribution in [1.29, 1.82) is 5.26 Å². The molecule has 3 aromatic rings. The molecule has 2 heterocycles. The topological polar surface area (TPSA) is 74.7 Å². The van der Waals surface area contributed by atoms with E-state index in [0.29, 0.717) is 10.6 Å². The van der Waals surface area contributed by atoms with Crippen LogP contribution in [-0.4, -0.2) is 19.6 Å². The van der Waals surface area contributed by atoms with Gasteiger partial charge in [-0.15, -0.1) is 0 Å². The number of aliphatic hydroxyl groups excluding tert-OH is 1. The first-order valence-corrected chi connectivity index (χ1v) is 7.13. The van der Waals surface area contributed by atoms with Crippen LogP contribution in [0.15, 0.2) is 46.7 Å². The highest BCUT2D eigenvalue weighted by atomic mass is 32.2. The Hall–Kier alpha value is -2.36. The van der Waals surface area contributed by atoms with Gasteiger partial charge in [-0.05, 0) is 23.9 Å². The van der Waals surface area contributed by atoms with E-state index >= 15 is 0 Å². The number of nitrogens with zero attached hydrogens (tertiary/aromatic N) is 4. The molecule has 0 aliphatic rings. The summed E-state index contributed by atoms with van der Waals surface area (Å²) in [5.41, 5.74) is 2.12. The van der Waals surface area contributed by atoms with Crippen LogP contribution in [0.25, 0.3) is 10.9 Å². The highest BCUT2D eigenvalue weighted by Crippen LogP contribution is 2.28. The lowest BCUT2D eigenvalue weighted by molar-refractivity contribution is 0.271. The third-order valence-electron chi connectivity index (χ3n) is 3.21. The molecule has 0 aliphatic heterocycles. The maximum absolute atomic E-state index is 9.28. The molecular weight excluding hydrogens is 284 g/mol. The molecule has 0 saturated heterocycles. The molecule has 21 heavy (non-hydrogen) atoms. The third-order valence-corrected chi connectivity index (χ3v) is 4.19. The summed E-state index contributed by atoms with van der Waals surface area (Å²) in [5, 5.41) is 20.8. The van der Waals surface area contributed by atoms with Gasteiger partial charge in [0.15, 0.2) is 5.16 Å². The van der Waals surface area contributed by atoms with Crippen molar-refractivity contribution in [3.8, 4) is 6.07 Å². The summed E-state index contributed by atoms with van der Waals surface area (Å²) >= 11 is 1.37. The fraction of sp³-hybridized carbons (Fsp3) is 0.133. The number of benzene rings is 1. The molecule has 6 heteroatoms. The minimum Gasteiger partial charge on any atom is -0.390 e. The molecule has 0 amide bonds. The number of nitriles is 1. The summed E-state index contributed by atoms with van der Waals surface area (Å²) in [5.74, 6) is 0. The first-order chi connectivity index (χ1) is 10.2. The predicted octanol–water partition coefficient (Wildman–Crippen LogP) is 2.48. The van der Waals surface area contributed by atoms with Crippen LogP contribution in [0.4, 0.5) is 0 Å². The zero-order valence-corrected chi connectivity index (χ0v) is 12.1. The van der Waals surface area contributed by atoms with Gasteiger partial charge < -0.3 is 9.67 Å². The molecule has 104 valence electrons. The molecule has 0 spiro atoms. The van der Waals surface area contributed by atoms with Crippen molar-refractivity contribution in [2.24, 2.45) is 7.05 Å². The number of pyridine rings is 1. The monoisotopic (exact) mass is 296 g/mol. The van der Waals surface area contributed by atoms with Crippen molar-refractivity contribution in [3.05, 3.63) is 47.8 Å². The molecule has 2 aromatic heterocycles. The fourth-order valence-electron chi connectivity index (χ4n) is 2.06. The van der Waals surface area contributed by atoms with Gasteiger partial charge in [-0.3, -0.25) is 0 Å². The van der Waals surface area contributed by atoms with Crippen LogP contribution in [-0.2, 0) is 13.7 Å². The normalized spacial score (nSPS) is 10.7. The zero-order chi connectivity index (χ0) is 14.8. The van der Waals surface area contributed by atoms with E-state index in [1.54, 1.807) is 12.3 Å². The summed E-state index contributed by atoms with van der Waals surface area (Å²) in [6, 6.07) is 11.5. The third kappa shape index (κ3) is 2.49. The van der Waals surface area contributed by atoms with E-state index in [-0.39, 0.29) is 6.61 Å². The molecule has 3 rings (SSSR count). The highest BCUT2D eigenvalue weighted by Gasteiger charge is 2.11. The van der Waals surface area contributed by atoms with Gasteiger partial charge in [0.1, 0.15) is 5.03 Å². The first-order valence-electron chi connectivity index (χ1n) is 6.32. The molecule has 0 bridgehead atoms. The van der Waals surface area contributed by atoms with Gasteiger partial charge in [-0.1, -0.05) is 18.2 Å². The maximum Gasteiger partial charge on any atom is 0.174 e. The van der Waals surface area contributed by atoms with Gasteiger partial charge in [0, 0.05) is 12.4 Å². The van der Waals surface area contributed by atoms with E-state index in [0.717, 1.165) is 21.8 Å². The second-order valence-corrected chi connectivity index (χ2v) is 5.48. The van der Waals surface area contributed by atoms with E-state index in [1.165, 1.54) is 11.8 Å². The highest BCUT2D eigenvalue weighted by molar-refractivity contribution is 7.99. The standard InChI is InChI=1S/C15H12N4OS/c1-19-11(9-20)8-17-15(19)21-14-6-10(7-16)12-4-2-3-5-13(12)18-14/h2-6,8,20H,9H2,1H3. The van der Waals surface area contributed by atoms with Crippen molar-refractivity contribution in [1.82, 2.24) is 14.5 Å². The molecule has 0 radical (unpaired) electrons. The maximum atomic E-state index is 9.28. The van der Waals surface area contributed by atoms with Gasteiger partial charge in [-0.25, -0.2) is 9.97 Å². The van der Waals surface area contributed by atoms with Crippen LogP contribution in [0.2, 0.25) is 0 Å². The lowest BCUT2D eigenvalue weighted by Gasteiger charge is -2.06. The first kappa shape index (κ1) is 13.6. The Bertz CT molecular complexity index is 850. The summed E-state index contributed by atoms with van der Waals surface area (Å²) < 4.78 is 1.81. The summed E-state index contributed by atoms with van der Waals surface area (Å²) in [6.07, 6.45) is 1.63. The van der Waals surface area contributed by atoms with Crippen LogP contribution in [0, 0.1) is 11.3 Å². The van der Waals surface area contributed by atoms with E-state index in [2.05, 4.69) is 16.0 Å². The molecule has 1 N–H and O–H groups in total. The molecule has 5 nitrogen and oxygen atoms in total. The number of rotatable bonds is 3. The van der Waals surface area contributed by atoms with Crippen LogP contribution < -0.4 is 0 Å². The Kier molecular flexibility index (Phi) is 3.60. The molecule has 0 aliphatic carbocycles. The second kappa shape index (κ2) is 5.56. The van der Waals surface area contributed by atoms with Crippen molar-refractivity contribution in [2.75, 3.05) is 0 Å². The van der Waals surface area contributed by atoms with Crippen molar-refractivity contribution < 1.29 is 5.11 Å². The van der Waals surface area contributed by atoms with Crippen LogP contribution >= 0.6 is 11.8 Å². The smallest absolute Gasteiger partial charge is 0.174 e. The van der Waals surface area contributed by atoms with Gasteiger partial charge in [0.05, 0.1) is 35.6 Å². The lowest BCUT2D eigenvalue weighted by atomic mass is 10.1. The SMILES string of the molecule is Cn1c(CO)cnc1Sc1cc(C#N)c2ccccc2n1. The van der Waals surface area contributed by atoms with Crippen LogP contribution in [0.3, 0.4) is 0 Å². The molecular formula is C15H12N4OS. The number of hydrogen-bond donors (Lipinski definition) is 1. The zero-order valence-electron chi connectivity index (χ0n) is 11.3. The van der Waals surface area contributed by atoms with Gasteiger partial charge in [0.25, 0.3) is 0 Å². The number of aliphatic hydroxyl groups is 1. The number of hydrogen-bond acceptors (Lipinski definition) is 5. The van der Waals surface area contributed by atoms with Crippen molar-refractivity contribution in [3.63, 3.8) is 0 Å². The average Bonchev–Trinajstić information content (AvgIpc) is 2.86. The average molecular weight is 296 g/mol. The number of fused-ring (bicyclic) bond motifs is 1. The summed E-state index contributed by atoms with van der Waals surface area (Å²) in [4.78, 5) is 8.81. The van der Waals surface area contributed by atoms with Crippen molar-refractivity contribution in [2.45, 2.75) is 16.8 Å². The summed E-state index contributed by atoms with van der Waals surface area (Å²) in [7, 11) is 1.84. The quantitative estimate of drug-likeness (QED) is 0.803. The Morgan fingerprint density at radius 3 is 2.90 bits per heavy atom. The van der Waals surface area contributed by atoms with E-state index in [4.69, 9.17) is 0 Å². The van der Waals surface area contributed by atoms with E-state index in [9.17, 15) is 10.4 Å². The van der Waals surface area contributed by atoms with Crippen LogP contribution in [0.5, 0.6) is 0 Å². The molecule has 0 unspecified atom stereocenters. The van der Waals surface area contributed by atoms with E-state index in [1.807, 2.05) is 35.9 Å². The Morgan fingerprint density at radius 2 is 2.19 bits per heavy atom. The van der Waals surface area contributed by atoms with Crippen LogP contribution in [0.1, 0.15) is 11.3 Å². The minimum atomic E-state index is -0.0569. The Balaban J connectivity index is 2.05. The van der Waals surface area contributed by atoms with Gasteiger partial charge in [-0.2, -0.15) is 5.26 Å². The number of aromatic nitrogens is 3. The predicted molar refractivity (Wildman–Crippen MR) is 79.7 cm³/mol. The Labute approximate surface area is 125 Å². The summed E-state index contributed by atoms with van der Waals surface area (Å²) in [6.45, 7) is -0.0569. The van der Waals surface area contributed by atoms with Crippen molar-refractivity contribution >= 4 is 22.7 Å².